The minimum absolute atomic E-state index is 0.102. The van der Waals surface area contributed by atoms with E-state index in [0.717, 1.165) is 24.1 Å². The van der Waals surface area contributed by atoms with E-state index in [4.69, 9.17) is 34.8 Å². The van der Waals surface area contributed by atoms with Crippen LogP contribution in [0.4, 0.5) is 18.9 Å². The summed E-state index contributed by atoms with van der Waals surface area (Å²) in [5, 5.41) is 3.54. The number of alkyl halides is 3. The van der Waals surface area contributed by atoms with Gasteiger partial charge in [-0.15, -0.1) is 0 Å². The molecule has 0 heterocycles. The lowest BCUT2D eigenvalue weighted by Gasteiger charge is -2.16. The van der Waals surface area contributed by atoms with E-state index < -0.39 is 34.9 Å². The van der Waals surface area contributed by atoms with Gasteiger partial charge in [0, 0.05) is 17.0 Å². The van der Waals surface area contributed by atoms with Crippen molar-refractivity contribution >= 4 is 52.4 Å². The number of esters is 1. The van der Waals surface area contributed by atoms with Crippen LogP contribution in [0.5, 0.6) is 5.75 Å². The molecule has 0 aliphatic rings. The van der Waals surface area contributed by atoms with E-state index in [2.05, 4.69) is 10.1 Å². The summed E-state index contributed by atoms with van der Waals surface area (Å²) in [5.41, 5.74) is -1.61. The second-order valence-electron chi connectivity index (χ2n) is 6.15. The van der Waals surface area contributed by atoms with Crippen molar-refractivity contribution in [3.63, 3.8) is 0 Å². The first-order chi connectivity index (χ1) is 15.0. The van der Waals surface area contributed by atoms with Crippen molar-refractivity contribution < 1.29 is 27.5 Å². The zero-order valence-corrected chi connectivity index (χ0v) is 18.6. The number of amides is 1. The number of hydrogen-bond donors (Lipinski definition) is 1. The third-order valence-electron chi connectivity index (χ3n) is 3.72. The Kier molecular flexibility index (Phi) is 8.95. The first-order valence-electron chi connectivity index (χ1n) is 8.84. The molecule has 0 unspecified atom stereocenters. The molecule has 168 valence electrons. The van der Waals surface area contributed by atoms with Crippen molar-refractivity contribution in [1.29, 1.82) is 0 Å². The summed E-state index contributed by atoms with van der Waals surface area (Å²) in [5.74, 6) is -2.81. The molecule has 0 saturated carbocycles. The molecule has 0 radical (unpaired) electrons. The number of nitrogens with one attached hydrogen (secondary N) is 1. The fourth-order valence-electron chi connectivity index (χ4n) is 2.39. The minimum Gasteiger partial charge on any atom is -0.425 e. The van der Waals surface area contributed by atoms with Crippen LogP contribution in [0, 0.1) is 0 Å². The van der Waals surface area contributed by atoms with Crippen LogP contribution in [0.15, 0.2) is 66.7 Å². The van der Waals surface area contributed by atoms with Gasteiger partial charge in [0.25, 0.3) is 5.91 Å². The Morgan fingerprint density at radius 1 is 0.875 bits per heavy atom. The minimum atomic E-state index is -4.81. The number of carbonyl (C=O) groups is 2. The highest BCUT2D eigenvalue weighted by Crippen LogP contribution is 2.39. The zero-order valence-electron chi connectivity index (χ0n) is 16.3. The molecule has 1 amide bonds. The molecule has 0 spiro atoms. The second kappa shape index (κ2) is 11.2. The molecule has 3 aromatic rings. The summed E-state index contributed by atoms with van der Waals surface area (Å²) in [6, 6.07) is 16.5. The van der Waals surface area contributed by atoms with E-state index in [1.807, 2.05) is 30.3 Å². The van der Waals surface area contributed by atoms with Gasteiger partial charge in [0.2, 0.25) is 0 Å². The van der Waals surface area contributed by atoms with Crippen LogP contribution in [-0.4, -0.2) is 11.9 Å². The molecule has 0 fully saturated rings. The molecular weight excluding hydrogens is 490 g/mol. The third kappa shape index (κ3) is 7.44. The molecule has 0 bridgehead atoms. The smallest absolute Gasteiger partial charge is 0.420 e. The highest BCUT2D eigenvalue weighted by Gasteiger charge is 2.37. The second-order valence-corrected chi connectivity index (χ2v) is 7.43. The summed E-state index contributed by atoms with van der Waals surface area (Å²) >= 11 is 17.3. The van der Waals surface area contributed by atoms with E-state index in [-0.39, 0.29) is 15.7 Å². The molecule has 32 heavy (non-hydrogen) atoms. The lowest BCUT2D eigenvalue weighted by molar-refractivity contribution is -0.141. The average Bonchev–Trinajstić information content (AvgIpc) is 2.70. The molecule has 0 atom stereocenters. The van der Waals surface area contributed by atoms with Crippen molar-refractivity contribution in [3.8, 4) is 5.75 Å². The predicted molar refractivity (Wildman–Crippen MR) is 119 cm³/mol. The standard InChI is InChI=1S/C16H10Cl2F3NO3.C6H5Cl/c1-8(23)25-14-10(3-2-4-11(14)16(19,20)21)15(24)22-13-7-9(17)5-6-12(13)18;7-6-4-2-1-3-5-6/h2-7H,1H3,(H,22,24);1-5H. The largest absolute Gasteiger partial charge is 0.425 e. The molecule has 0 aromatic heterocycles. The van der Waals surface area contributed by atoms with E-state index >= 15 is 0 Å². The zero-order chi connectivity index (χ0) is 23.9. The number of para-hydroxylation sites is 1. The van der Waals surface area contributed by atoms with E-state index in [0.29, 0.717) is 6.07 Å². The van der Waals surface area contributed by atoms with Gasteiger partial charge in [-0.25, -0.2) is 0 Å². The summed E-state index contributed by atoms with van der Waals surface area (Å²) in [6.07, 6.45) is -4.81. The van der Waals surface area contributed by atoms with Gasteiger partial charge in [0.05, 0.1) is 21.8 Å². The van der Waals surface area contributed by atoms with Crippen molar-refractivity contribution in [2.75, 3.05) is 5.32 Å². The maximum Gasteiger partial charge on any atom is 0.420 e. The summed E-state index contributed by atoms with van der Waals surface area (Å²) in [4.78, 5) is 23.6. The average molecular weight is 505 g/mol. The fourth-order valence-corrected chi connectivity index (χ4v) is 2.87. The molecule has 1 N–H and O–H groups in total. The monoisotopic (exact) mass is 503 g/mol. The lowest BCUT2D eigenvalue weighted by atomic mass is 10.1. The molecule has 3 aromatic carbocycles. The van der Waals surface area contributed by atoms with Crippen LogP contribution in [-0.2, 0) is 11.0 Å². The maximum absolute atomic E-state index is 13.1. The number of rotatable bonds is 3. The first kappa shape index (κ1) is 25.5. The Balaban J connectivity index is 0.000000439. The molecule has 3 rings (SSSR count). The van der Waals surface area contributed by atoms with Crippen molar-refractivity contribution in [2.24, 2.45) is 0 Å². The van der Waals surface area contributed by atoms with Gasteiger partial charge in [-0.2, -0.15) is 13.2 Å². The Labute approximate surface area is 196 Å². The highest BCUT2D eigenvalue weighted by molar-refractivity contribution is 6.36. The van der Waals surface area contributed by atoms with Gasteiger partial charge in [0.1, 0.15) is 0 Å². The van der Waals surface area contributed by atoms with Crippen LogP contribution in [0.3, 0.4) is 0 Å². The summed E-state index contributed by atoms with van der Waals surface area (Å²) in [7, 11) is 0. The number of anilines is 1. The molecular formula is C22H15Cl3F3NO3. The normalized spacial score (nSPS) is 10.6. The van der Waals surface area contributed by atoms with Gasteiger partial charge in [-0.1, -0.05) is 59.1 Å². The molecule has 10 heteroatoms. The Morgan fingerprint density at radius 2 is 1.53 bits per heavy atom. The van der Waals surface area contributed by atoms with Crippen molar-refractivity contribution in [3.05, 3.63) is 92.9 Å². The maximum atomic E-state index is 13.1. The van der Waals surface area contributed by atoms with E-state index in [1.54, 1.807) is 0 Å². The molecule has 0 aliphatic heterocycles. The molecule has 0 saturated heterocycles. The van der Waals surface area contributed by atoms with Gasteiger partial charge in [0.15, 0.2) is 5.75 Å². The first-order valence-corrected chi connectivity index (χ1v) is 9.98. The fraction of sp³-hybridized carbons (Fsp3) is 0.0909. The third-order valence-corrected chi connectivity index (χ3v) is 4.54. The van der Waals surface area contributed by atoms with Crippen LogP contribution in [0.2, 0.25) is 15.1 Å². The predicted octanol–water partition coefficient (Wildman–Crippen LogP) is 7.53. The number of halogens is 6. The topological polar surface area (TPSA) is 55.4 Å². The summed E-state index contributed by atoms with van der Waals surface area (Å²) < 4.78 is 44.0. The Morgan fingerprint density at radius 3 is 2.06 bits per heavy atom. The number of hydrogen-bond acceptors (Lipinski definition) is 3. The van der Waals surface area contributed by atoms with Gasteiger partial charge >= 0.3 is 12.1 Å². The van der Waals surface area contributed by atoms with Crippen LogP contribution in [0.1, 0.15) is 22.8 Å². The quantitative estimate of drug-likeness (QED) is 0.296. The van der Waals surface area contributed by atoms with E-state index in [9.17, 15) is 22.8 Å². The van der Waals surface area contributed by atoms with Crippen LogP contribution < -0.4 is 10.1 Å². The van der Waals surface area contributed by atoms with Gasteiger partial charge in [-0.3, -0.25) is 9.59 Å². The molecule has 4 nitrogen and oxygen atoms in total. The number of carbonyl (C=O) groups excluding carboxylic acids is 2. The van der Waals surface area contributed by atoms with E-state index in [1.165, 1.54) is 18.2 Å². The SMILES string of the molecule is CC(=O)Oc1c(C(=O)Nc2cc(Cl)ccc2Cl)cccc1C(F)(F)F.Clc1ccccc1. The number of benzene rings is 3. The van der Waals surface area contributed by atoms with Gasteiger partial charge in [-0.05, 0) is 42.5 Å². The van der Waals surface area contributed by atoms with Crippen LogP contribution >= 0.6 is 34.8 Å². The Hall–Kier alpha value is -2.74. The summed E-state index contributed by atoms with van der Waals surface area (Å²) in [6.45, 7) is 0.933. The van der Waals surface area contributed by atoms with Crippen molar-refractivity contribution in [1.82, 2.24) is 0 Å². The van der Waals surface area contributed by atoms with Crippen molar-refractivity contribution in [2.45, 2.75) is 13.1 Å². The lowest BCUT2D eigenvalue weighted by Crippen LogP contribution is -2.18. The number of ether oxygens (including phenoxy) is 1. The van der Waals surface area contributed by atoms with Crippen LogP contribution in [0.25, 0.3) is 0 Å². The molecule has 0 aliphatic carbocycles. The highest BCUT2D eigenvalue weighted by atomic mass is 35.5. The van der Waals surface area contributed by atoms with Gasteiger partial charge < -0.3 is 10.1 Å². The Bertz CT molecular complexity index is 1110.